The lowest BCUT2D eigenvalue weighted by Crippen LogP contribution is -2.67. The topological polar surface area (TPSA) is 81.9 Å². The van der Waals surface area contributed by atoms with E-state index in [0.717, 1.165) is 44.9 Å². The molecule has 7 nitrogen and oxygen atoms in total. The van der Waals surface area contributed by atoms with Gasteiger partial charge in [0.25, 0.3) is 0 Å². The predicted octanol–water partition coefficient (Wildman–Crippen LogP) is 1.02. The standard InChI is InChI=1S/C16H23N5O2/c22-14(13-2-1-3-23-13)19-15-5-11-4-12(6-15)8-16(7-11,9-15)21-18-10-17-20-21/h10-13H,1-9H2,(H,19,22). The van der Waals surface area contributed by atoms with E-state index in [1.54, 1.807) is 0 Å². The normalized spacial score (nSPS) is 44.6. The highest BCUT2D eigenvalue weighted by atomic mass is 16.5. The van der Waals surface area contributed by atoms with Gasteiger partial charge in [-0.05, 0) is 68.4 Å². The van der Waals surface area contributed by atoms with Crippen LogP contribution in [0.5, 0.6) is 0 Å². The monoisotopic (exact) mass is 317 g/mol. The van der Waals surface area contributed by atoms with Gasteiger partial charge in [-0.2, -0.15) is 4.80 Å². The average molecular weight is 317 g/mol. The lowest BCUT2D eigenvalue weighted by atomic mass is 9.50. The van der Waals surface area contributed by atoms with Crippen LogP contribution in [0.1, 0.15) is 51.4 Å². The Hall–Kier alpha value is -1.50. The molecule has 1 aromatic heterocycles. The zero-order chi connectivity index (χ0) is 15.5. The van der Waals surface area contributed by atoms with Crippen molar-refractivity contribution in [1.29, 1.82) is 0 Å². The van der Waals surface area contributed by atoms with Crippen molar-refractivity contribution >= 4 is 5.91 Å². The van der Waals surface area contributed by atoms with Crippen molar-refractivity contribution in [2.75, 3.05) is 6.61 Å². The summed E-state index contributed by atoms with van der Waals surface area (Å²) < 4.78 is 5.57. The molecule has 1 aliphatic heterocycles. The van der Waals surface area contributed by atoms with E-state index >= 15 is 0 Å². The lowest BCUT2D eigenvalue weighted by Gasteiger charge is -2.61. The zero-order valence-electron chi connectivity index (χ0n) is 13.3. The molecule has 23 heavy (non-hydrogen) atoms. The van der Waals surface area contributed by atoms with Crippen LogP contribution >= 0.6 is 0 Å². The van der Waals surface area contributed by atoms with E-state index < -0.39 is 0 Å². The molecular weight excluding hydrogens is 294 g/mol. The maximum Gasteiger partial charge on any atom is 0.249 e. The molecule has 3 unspecified atom stereocenters. The van der Waals surface area contributed by atoms with Crippen molar-refractivity contribution in [2.24, 2.45) is 11.8 Å². The third kappa shape index (κ3) is 2.12. The Morgan fingerprint density at radius 3 is 2.74 bits per heavy atom. The Balaban J connectivity index is 1.43. The molecule has 5 aliphatic rings. The van der Waals surface area contributed by atoms with Crippen LogP contribution < -0.4 is 5.32 Å². The van der Waals surface area contributed by atoms with Crippen molar-refractivity contribution in [3.8, 4) is 0 Å². The van der Waals surface area contributed by atoms with Gasteiger partial charge in [0.05, 0.1) is 5.54 Å². The van der Waals surface area contributed by atoms with E-state index in [1.165, 1.54) is 12.7 Å². The fraction of sp³-hybridized carbons (Fsp3) is 0.875. The third-order valence-corrected chi connectivity index (χ3v) is 6.41. The van der Waals surface area contributed by atoms with Gasteiger partial charge in [0.1, 0.15) is 6.10 Å². The molecule has 6 rings (SSSR count). The summed E-state index contributed by atoms with van der Waals surface area (Å²) >= 11 is 0. The molecule has 1 N–H and O–H groups in total. The van der Waals surface area contributed by atoms with E-state index in [4.69, 9.17) is 4.74 Å². The van der Waals surface area contributed by atoms with Gasteiger partial charge in [0.2, 0.25) is 5.91 Å². The summed E-state index contributed by atoms with van der Waals surface area (Å²) in [6.45, 7) is 0.711. The minimum absolute atomic E-state index is 0.0512. The number of amides is 1. The molecule has 4 aliphatic carbocycles. The molecule has 4 saturated carbocycles. The fourth-order valence-electron chi connectivity index (χ4n) is 6.11. The summed E-state index contributed by atoms with van der Waals surface area (Å²) in [5.41, 5.74) is -0.148. The molecule has 4 bridgehead atoms. The highest BCUT2D eigenvalue weighted by Gasteiger charge is 2.60. The highest BCUT2D eigenvalue weighted by molar-refractivity contribution is 5.81. The zero-order valence-corrected chi connectivity index (χ0v) is 13.3. The molecule has 2 heterocycles. The Morgan fingerprint density at radius 1 is 1.26 bits per heavy atom. The minimum Gasteiger partial charge on any atom is -0.368 e. The molecule has 0 aromatic carbocycles. The molecule has 5 fully saturated rings. The Kier molecular flexibility index (Phi) is 2.87. The van der Waals surface area contributed by atoms with Gasteiger partial charge in [-0.25, -0.2) is 0 Å². The second kappa shape index (κ2) is 4.75. The van der Waals surface area contributed by atoms with Gasteiger partial charge in [-0.1, -0.05) is 0 Å². The lowest BCUT2D eigenvalue weighted by molar-refractivity contribution is -0.139. The summed E-state index contributed by atoms with van der Waals surface area (Å²) in [6, 6.07) is 0. The van der Waals surface area contributed by atoms with E-state index in [0.29, 0.717) is 18.4 Å². The van der Waals surface area contributed by atoms with Gasteiger partial charge in [-0.15, -0.1) is 10.2 Å². The first-order valence-electron chi connectivity index (χ1n) is 8.84. The smallest absolute Gasteiger partial charge is 0.249 e. The van der Waals surface area contributed by atoms with Crippen LogP contribution in [-0.2, 0) is 15.1 Å². The first-order valence-corrected chi connectivity index (χ1v) is 8.84. The first-order chi connectivity index (χ1) is 11.2. The molecule has 0 radical (unpaired) electrons. The summed E-state index contributed by atoms with van der Waals surface area (Å²) in [6.07, 6.45) is 9.77. The summed E-state index contributed by atoms with van der Waals surface area (Å²) in [5, 5.41) is 15.9. The van der Waals surface area contributed by atoms with Gasteiger partial charge in [-0.3, -0.25) is 4.79 Å². The predicted molar refractivity (Wildman–Crippen MR) is 80.3 cm³/mol. The van der Waals surface area contributed by atoms with Crippen LogP contribution in [0.2, 0.25) is 0 Å². The number of carbonyl (C=O) groups excluding carboxylic acids is 1. The van der Waals surface area contributed by atoms with Crippen molar-refractivity contribution in [3.05, 3.63) is 6.33 Å². The second-order valence-corrected chi connectivity index (χ2v) is 8.18. The van der Waals surface area contributed by atoms with Gasteiger partial charge < -0.3 is 10.1 Å². The number of hydrogen-bond donors (Lipinski definition) is 1. The van der Waals surface area contributed by atoms with Crippen LogP contribution in [0.15, 0.2) is 6.33 Å². The van der Waals surface area contributed by atoms with Crippen molar-refractivity contribution in [2.45, 2.75) is 68.5 Å². The molecule has 1 amide bonds. The van der Waals surface area contributed by atoms with E-state index in [2.05, 4.69) is 20.7 Å². The molecular formula is C16H23N5O2. The largest absolute Gasteiger partial charge is 0.368 e. The number of carbonyl (C=O) groups is 1. The highest BCUT2D eigenvalue weighted by Crippen LogP contribution is 2.60. The molecule has 3 atom stereocenters. The number of aromatic nitrogens is 4. The quantitative estimate of drug-likeness (QED) is 0.900. The number of nitrogens with zero attached hydrogens (tertiary/aromatic N) is 4. The Morgan fingerprint density at radius 2 is 2.09 bits per heavy atom. The minimum atomic E-state index is -0.247. The number of rotatable bonds is 3. The summed E-state index contributed by atoms with van der Waals surface area (Å²) in [4.78, 5) is 14.5. The Labute approximate surface area is 135 Å². The SMILES string of the molecule is O=C(NC12CC3CC(C1)CC(n1ncnn1)(C3)C2)C1CCCO1. The van der Waals surface area contributed by atoms with Crippen molar-refractivity contribution in [3.63, 3.8) is 0 Å². The molecule has 1 aromatic rings. The van der Waals surface area contributed by atoms with Gasteiger partial charge in [0.15, 0.2) is 6.33 Å². The van der Waals surface area contributed by atoms with Crippen LogP contribution in [0.3, 0.4) is 0 Å². The fourth-order valence-corrected chi connectivity index (χ4v) is 6.11. The molecule has 7 heteroatoms. The van der Waals surface area contributed by atoms with Crippen molar-refractivity contribution < 1.29 is 9.53 Å². The van der Waals surface area contributed by atoms with Crippen LogP contribution in [0, 0.1) is 11.8 Å². The number of hydrogen-bond acceptors (Lipinski definition) is 5. The number of nitrogens with one attached hydrogen (secondary N) is 1. The summed E-state index contributed by atoms with van der Waals surface area (Å²) in [5.74, 6) is 1.41. The second-order valence-electron chi connectivity index (χ2n) is 8.18. The van der Waals surface area contributed by atoms with E-state index in [9.17, 15) is 4.79 Å². The van der Waals surface area contributed by atoms with Gasteiger partial charge >= 0.3 is 0 Å². The van der Waals surface area contributed by atoms with Crippen LogP contribution in [0.4, 0.5) is 0 Å². The van der Waals surface area contributed by atoms with E-state index in [-0.39, 0.29) is 23.1 Å². The summed E-state index contributed by atoms with van der Waals surface area (Å²) in [7, 11) is 0. The molecule has 1 saturated heterocycles. The first kappa shape index (κ1) is 13.9. The van der Waals surface area contributed by atoms with E-state index in [1.807, 2.05) is 4.80 Å². The third-order valence-electron chi connectivity index (χ3n) is 6.41. The molecule has 124 valence electrons. The van der Waals surface area contributed by atoms with Gasteiger partial charge in [0, 0.05) is 12.1 Å². The maximum absolute atomic E-state index is 12.6. The average Bonchev–Trinajstić information content (AvgIpc) is 3.20. The Bertz CT molecular complexity index is 596. The van der Waals surface area contributed by atoms with Crippen molar-refractivity contribution in [1.82, 2.24) is 25.5 Å². The van der Waals surface area contributed by atoms with Crippen LogP contribution in [0.25, 0.3) is 0 Å². The maximum atomic E-state index is 12.6. The molecule has 0 spiro atoms. The van der Waals surface area contributed by atoms with Crippen LogP contribution in [-0.4, -0.2) is 44.4 Å². The number of tetrazole rings is 1. The number of ether oxygens (including phenoxy) is 1.